The maximum absolute atomic E-state index is 15.0. The van der Waals surface area contributed by atoms with E-state index < -0.39 is 34.3 Å². The van der Waals surface area contributed by atoms with Crippen molar-refractivity contribution >= 4 is 27.5 Å². The summed E-state index contributed by atoms with van der Waals surface area (Å²) in [5.74, 6) is 0.905. The lowest BCUT2D eigenvalue weighted by Gasteiger charge is -2.57. The van der Waals surface area contributed by atoms with Crippen LogP contribution in [0.15, 0.2) is 78.9 Å². The van der Waals surface area contributed by atoms with E-state index >= 15 is 4.39 Å². The van der Waals surface area contributed by atoms with Crippen LogP contribution in [0.3, 0.4) is 0 Å². The Labute approximate surface area is 285 Å². The average molecular weight is 674 g/mol. The predicted molar refractivity (Wildman–Crippen MR) is 187 cm³/mol. The van der Waals surface area contributed by atoms with Crippen molar-refractivity contribution in [2.75, 3.05) is 23.7 Å². The number of rotatable bonds is 14. The van der Waals surface area contributed by atoms with Crippen LogP contribution in [0.1, 0.15) is 75.0 Å². The highest BCUT2D eigenvalue weighted by Crippen LogP contribution is 2.60. The lowest BCUT2D eigenvalue weighted by atomic mass is 9.48. The zero-order valence-corrected chi connectivity index (χ0v) is 28.9. The molecule has 3 aromatic carbocycles. The number of amides is 2. The molecule has 4 saturated carbocycles. The Balaban J connectivity index is 1.30. The first kappa shape index (κ1) is 34.2. The summed E-state index contributed by atoms with van der Waals surface area (Å²) >= 11 is 0. The monoisotopic (exact) mass is 673 g/mol. The lowest BCUT2D eigenvalue weighted by molar-refractivity contribution is -0.140. The zero-order valence-electron chi connectivity index (χ0n) is 28.1. The van der Waals surface area contributed by atoms with E-state index in [9.17, 15) is 18.0 Å². The molecule has 7 nitrogen and oxygen atoms in total. The SMILES string of the molecule is CCCCNC(=O)C(Cc1ccccc1)N(Cc1ccccc1F)C(=O)CN(c1ccc(C23CC4CC(CC(C4)C2)C3)cc1)S(C)(=O)=O. The van der Waals surface area contributed by atoms with Gasteiger partial charge in [-0.05, 0) is 97.4 Å². The maximum Gasteiger partial charge on any atom is 0.244 e. The summed E-state index contributed by atoms with van der Waals surface area (Å²) in [6.07, 6.45) is 10.5. The Morgan fingerprint density at radius 2 is 1.50 bits per heavy atom. The molecule has 0 spiro atoms. The quantitative estimate of drug-likeness (QED) is 0.195. The summed E-state index contributed by atoms with van der Waals surface area (Å²) in [6, 6.07) is 22.3. The fourth-order valence-electron chi connectivity index (χ4n) is 8.93. The van der Waals surface area contributed by atoms with Crippen LogP contribution in [0.2, 0.25) is 0 Å². The van der Waals surface area contributed by atoms with Crippen LogP contribution in [0, 0.1) is 23.6 Å². The second-order valence-electron chi connectivity index (χ2n) is 14.5. The van der Waals surface area contributed by atoms with Crippen LogP contribution in [0.5, 0.6) is 0 Å². The number of hydrogen-bond donors (Lipinski definition) is 1. The molecule has 0 aromatic heterocycles. The maximum atomic E-state index is 15.0. The molecule has 256 valence electrons. The summed E-state index contributed by atoms with van der Waals surface area (Å²) in [4.78, 5) is 29.5. The van der Waals surface area contributed by atoms with Crippen molar-refractivity contribution in [1.29, 1.82) is 0 Å². The van der Waals surface area contributed by atoms with E-state index in [0.717, 1.165) is 46.7 Å². The summed E-state index contributed by atoms with van der Waals surface area (Å²) in [7, 11) is -3.90. The van der Waals surface area contributed by atoms with Crippen LogP contribution < -0.4 is 9.62 Å². The van der Waals surface area contributed by atoms with Gasteiger partial charge in [-0.25, -0.2) is 12.8 Å². The normalized spacial score (nSPS) is 23.4. The van der Waals surface area contributed by atoms with Gasteiger partial charge in [0.05, 0.1) is 11.9 Å². The highest BCUT2D eigenvalue weighted by Gasteiger charge is 2.51. The van der Waals surface area contributed by atoms with Crippen LogP contribution in [-0.4, -0.2) is 50.5 Å². The Hall–Kier alpha value is -3.72. The minimum absolute atomic E-state index is 0.158. The number of hydrogen-bond acceptors (Lipinski definition) is 4. The van der Waals surface area contributed by atoms with Gasteiger partial charge in [0, 0.05) is 25.1 Å². The van der Waals surface area contributed by atoms with Gasteiger partial charge in [0.1, 0.15) is 18.4 Å². The topological polar surface area (TPSA) is 86.8 Å². The molecule has 7 rings (SSSR count). The van der Waals surface area contributed by atoms with Gasteiger partial charge in [-0.15, -0.1) is 0 Å². The molecule has 9 heteroatoms. The molecule has 48 heavy (non-hydrogen) atoms. The van der Waals surface area contributed by atoms with E-state index in [-0.39, 0.29) is 29.9 Å². The summed E-state index contributed by atoms with van der Waals surface area (Å²) in [5, 5.41) is 2.96. The van der Waals surface area contributed by atoms with E-state index in [1.165, 1.54) is 55.1 Å². The molecular weight excluding hydrogens is 626 g/mol. The number of benzene rings is 3. The third-order valence-electron chi connectivity index (χ3n) is 10.9. The molecule has 4 aliphatic rings. The van der Waals surface area contributed by atoms with E-state index in [0.29, 0.717) is 12.2 Å². The molecule has 4 aliphatic carbocycles. The van der Waals surface area contributed by atoms with Crippen LogP contribution >= 0.6 is 0 Å². The van der Waals surface area contributed by atoms with E-state index in [1.807, 2.05) is 49.4 Å². The smallest absolute Gasteiger partial charge is 0.244 e. The second kappa shape index (κ2) is 14.4. The summed E-state index contributed by atoms with van der Waals surface area (Å²) < 4.78 is 42.7. The van der Waals surface area contributed by atoms with Crippen molar-refractivity contribution in [3.05, 3.63) is 101 Å². The third-order valence-corrected chi connectivity index (χ3v) is 12.0. The lowest BCUT2D eigenvalue weighted by Crippen LogP contribution is -2.53. The van der Waals surface area contributed by atoms with Crippen molar-refractivity contribution < 1.29 is 22.4 Å². The van der Waals surface area contributed by atoms with Crippen LogP contribution in [-0.2, 0) is 38.0 Å². The van der Waals surface area contributed by atoms with Gasteiger partial charge in [0.15, 0.2) is 0 Å². The molecule has 3 aromatic rings. The molecule has 0 saturated heterocycles. The number of carbonyl (C=O) groups is 2. The standard InChI is InChI=1S/C39H48FN3O4S/c1-3-4-18-41-38(45)36(22-28-10-6-5-7-11-28)42(26-32-12-8-9-13-35(32)40)37(44)27-43(48(2,46)47)34-16-14-33(15-17-34)39-23-29-19-30(24-39)21-31(20-29)25-39/h5-17,29-31,36H,3-4,18-27H2,1-2H3,(H,41,45). The molecule has 1 unspecified atom stereocenters. The highest BCUT2D eigenvalue weighted by atomic mass is 32.2. The first-order chi connectivity index (χ1) is 23.0. The first-order valence-corrected chi connectivity index (χ1v) is 19.3. The number of carbonyl (C=O) groups excluding carboxylic acids is 2. The fraction of sp³-hybridized carbons (Fsp3) is 0.487. The number of anilines is 1. The van der Waals surface area contributed by atoms with E-state index in [4.69, 9.17) is 0 Å². The number of unbranched alkanes of at least 4 members (excludes halogenated alkanes) is 1. The highest BCUT2D eigenvalue weighted by molar-refractivity contribution is 7.92. The number of nitrogens with one attached hydrogen (secondary N) is 1. The van der Waals surface area contributed by atoms with E-state index in [1.54, 1.807) is 18.2 Å². The van der Waals surface area contributed by atoms with E-state index in [2.05, 4.69) is 17.4 Å². The average Bonchev–Trinajstić information content (AvgIpc) is 3.05. The van der Waals surface area contributed by atoms with Crippen molar-refractivity contribution in [1.82, 2.24) is 10.2 Å². The summed E-state index contributed by atoms with van der Waals surface area (Å²) in [5.41, 5.74) is 2.90. The van der Waals surface area contributed by atoms with Crippen molar-refractivity contribution in [3.63, 3.8) is 0 Å². The third kappa shape index (κ3) is 7.61. The molecule has 0 heterocycles. The second-order valence-corrected chi connectivity index (χ2v) is 16.4. The van der Waals surface area contributed by atoms with Gasteiger partial charge in [-0.2, -0.15) is 0 Å². The predicted octanol–water partition coefficient (Wildman–Crippen LogP) is 6.62. The zero-order chi connectivity index (χ0) is 33.9. The Bertz CT molecular complexity index is 1660. The van der Waals surface area contributed by atoms with Crippen molar-refractivity contribution in [3.8, 4) is 0 Å². The van der Waals surface area contributed by atoms with Gasteiger partial charge in [0.25, 0.3) is 0 Å². The largest absolute Gasteiger partial charge is 0.354 e. The summed E-state index contributed by atoms with van der Waals surface area (Å²) in [6.45, 7) is 1.76. The molecule has 0 radical (unpaired) electrons. The van der Waals surface area contributed by atoms with Crippen molar-refractivity contribution in [2.45, 2.75) is 82.7 Å². The fourth-order valence-corrected chi connectivity index (χ4v) is 9.78. The molecule has 1 atom stereocenters. The number of halogens is 1. The molecule has 4 fully saturated rings. The van der Waals surface area contributed by atoms with Gasteiger partial charge in [-0.3, -0.25) is 13.9 Å². The minimum Gasteiger partial charge on any atom is -0.354 e. The molecule has 2 amide bonds. The first-order valence-electron chi connectivity index (χ1n) is 17.5. The van der Waals surface area contributed by atoms with Gasteiger partial charge < -0.3 is 10.2 Å². The van der Waals surface area contributed by atoms with Gasteiger partial charge in [-0.1, -0.05) is 74.0 Å². The molecule has 4 bridgehead atoms. The minimum atomic E-state index is -3.90. The Morgan fingerprint density at radius 1 is 0.896 bits per heavy atom. The van der Waals surface area contributed by atoms with Crippen molar-refractivity contribution in [2.24, 2.45) is 17.8 Å². The number of nitrogens with zero attached hydrogens (tertiary/aromatic N) is 2. The van der Waals surface area contributed by atoms with Crippen LogP contribution in [0.25, 0.3) is 0 Å². The molecular formula is C39H48FN3O4S. The number of sulfonamides is 1. The van der Waals surface area contributed by atoms with Gasteiger partial charge in [0.2, 0.25) is 21.8 Å². The van der Waals surface area contributed by atoms with Crippen LogP contribution in [0.4, 0.5) is 10.1 Å². The molecule has 0 aliphatic heterocycles. The molecule has 1 N–H and O–H groups in total. The Morgan fingerprint density at radius 3 is 2.08 bits per heavy atom. The van der Waals surface area contributed by atoms with Gasteiger partial charge >= 0.3 is 0 Å². The Kier molecular flexibility index (Phi) is 10.3.